The summed E-state index contributed by atoms with van der Waals surface area (Å²) in [6.45, 7) is 2.73. The molecule has 0 saturated heterocycles. The first-order chi connectivity index (χ1) is 8.78. The molecule has 0 bridgehead atoms. The molecule has 94 valence electrons. The summed E-state index contributed by atoms with van der Waals surface area (Å²) in [5, 5.41) is 4.79. The molecule has 0 radical (unpaired) electrons. The molecule has 3 rings (SSSR count). The minimum absolute atomic E-state index is 0.398. The van der Waals surface area contributed by atoms with Gasteiger partial charge < -0.3 is 11.1 Å². The molecule has 1 aromatic carbocycles. The summed E-state index contributed by atoms with van der Waals surface area (Å²) in [5.41, 5.74) is 9.12. The maximum Gasteiger partial charge on any atom is 0.0725 e. The minimum atomic E-state index is 0.398. The first kappa shape index (κ1) is 11.5. The first-order valence-corrected chi connectivity index (χ1v) is 6.61. The van der Waals surface area contributed by atoms with Gasteiger partial charge in [0.05, 0.1) is 5.52 Å². The maximum atomic E-state index is 5.87. The second-order valence-corrected chi connectivity index (χ2v) is 5.15. The van der Waals surface area contributed by atoms with Gasteiger partial charge >= 0.3 is 0 Å². The van der Waals surface area contributed by atoms with E-state index in [-0.39, 0.29) is 0 Å². The highest BCUT2D eigenvalue weighted by atomic mass is 15.0. The number of nitrogens with two attached hydrogens (primary N) is 1. The number of anilines is 1. The molecule has 1 fully saturated rings. The highest BCUT2D eigenvalue weighted by Crippen LogP contribution is 2.35. The van der Waals surface area contributed by atoms with Crippen LogP contribution in [-0.4, -0.2) is 17.6 Å². The quantitative estimate of drug-likeness (QED) is 0.865. The molecule has 2 aromatic rings. The monoisotopic (exact) mass is 241 g/mol. The van der Waals surface area contributed by atoms with Crippen molar-refractivity contribution in [3.63, 3.8) is 0 Å². The maximum absolute atomic E-state index is 5.87. The van der Waals surface area contributed by atoms with Crippen LogP contribution in [0.4, 0.5) is 5.69 Å². The number of aryl methyl sites for hydroxylation is 1. The van der Waals surface area contributed by atoms with Crippen LogP contribution in [0.2, 0.25) is 0 Å². The zero-order valence-electron chi connectivity index (χ0n) is 10.7. The van der Waals surface area contributed by atoms with Crippen LogP contribution >= 0.6 is 0 Å². The second kappa shape index (κ2) is 4.58. The third-order valence-electron chi connectivity index (χ3n) is 3.63. The molecule has 1 atom stereocenters. The zero-order chi connectivity index (χ0) is 12.5. The number of hydrogen-bond acceptors (Lipinski definition) is 3. The van der Waals surface area contributed by atoms with Gasteiger partial charge in [0.2, 0.25) is 0 Å². The van der Waals surface area contributed by atoms with Gasteiger partial charge in [-0.1, -0.05) is 18.2 Å². The molecule has 0 amide bonds. The highest BCUT2D eigenvalue weighted by Gasteiger charge is 2.30. The van der Waals surface area contributed by atoms with Gasteiger partial charge in [-0.25, -0.2) is 0 Å². The number of aromatic nitrogens is 1. The van der Waals surface area contributed by atoms with Gasteiger partial charge in [-0.3, -0.25) is 4.98 Å². The van der Waals surface area contributed by atoms with Crippen molar-refractivity contribution >= 4 is 16.6 Å². The lowest BCUT2D eigenvalue weighted by atomic mass is 10.1. The van der Waals surface area contributed by atoms with Crippen molar-refractivity contribution in [1.82, 2.24) is 4.98 Å². The largest absolute Gasteiger partial charge is 0.380 e. The summed E-state index contributed by atoms with van der Waals surface area (Å²) in [6.07, 6.45) is 2.60. The van der Waals surface area contributed by atoms with Crippen LogP contribution in [0.15, 0.2) is 30.3 Å². The Morgan fingerprint density at radius 3 is 2.89 bits per heavy atom. The highest BCUT2D eigenvalue weighted by molar-refractivity contribution is 5.91. The van der Waals surface area contributed by atoms with E-state index in [0.29, 0.717) is 12.6 Å². The normalized spacial score (nSPS) is 16.8. The van der Waals surface area contributed by atoms with Crippen LogP contribution in [0.1, 0.15) is 18.5 Å². The van der Waals surface area contributed by atoms with E-state index in [9.17, 15) is 0 Å². The Labute approximate surface area is 107 Å². The molecule has 0 spiro atoms. The van der Waals surface area contributed by atoms with Gasteiger partial charge in [0.15, 0.2) is 0 Å². The molecule has 1 aliphatic rings. The Kier molecular flexibility index (Phi) is 2.92. The van der Waals surface area contributed by atoms with E-state index < -0.39 is 0 Å². The fourth-order valence-corrected chi connectivity index (χ4v) is 2.49. The lowest BCUT2D eigenvalue weighted by molar-refractivity contribution is 0.646. The number of para-hydroxylation sites is 1. The van der Waals surface area contributed by atoms with Crippen LogP contribution in [0.25, 0.3) is 10.9 Å². The molecule has 3 nitrogen and oxygen atoms in total. The fourth-order valence-electron chi connectivity index (χ4n) is 2.49. The zero-order valence-corrected chi connectivity index (χ0v) is 10.7. The molecular weight excluding hydrogens is 222 g/mol. The first-order valence-electron chi connectivity index (χ1n) is 6.61. The van der Waals surface area contributed by atoms with Crippen molar-refractivity contribution in [2.24, 2.45) is 11.7 Å². The van der Waals surface area contributed by atoms with Crippen molar-refractivity contribution in [2.75, 3.05) is 11.9 Å². The molecular formula is C15H19N3. The SMILES string of the molecule is Cc1cc(NC(CN)C2CC2)c2ccccc2n1. The Bertz CT molecular complexity index is 561. The molecule has 3 heteroatoms. The van der Waals surface area contributed by atoms with Crippen molar-refractivity contribution in [3.05, 3.63) is 36.0 Å². The van der Waals surface area contributed by atoms with Crippen LogP contribution in [0.5, 0.6) is 0 Å². The summed E-state index contributed by atoms with van der Waals surface area (Å²) in [5.74, 6) is 0.752. The lowest BCUT2D eigenvalue weighted by Crippen LogP contribution is -2.30. The number of pyridine rings is 1. The Morgan fingerprint density at radius 2 is 2.17 bits per heavy atom. The predicted octanol–water partition coefficient (Wildman–Crippen LogP) is 2.69. The van der Waals surface area contributed by atoms with Crippen molar-refractivity contribution in [2.45, 2.75) is 25.8 Å². The third-order valence-corrected chi connectivity index (χ3v) is 3.63. The summed E-state index contributed by atoms with van der Waals surface area (Å²) >= 11 is 0. The van der Waals surface area contributed by atoms with E-state index in [2.05, 4.69) is 34.6 Å². The van der Waals surface area contributed by atoms with Gasteiger partial charge in [0.1, 0.15) is 0 Å². The number of fused-ring (bicyclic) bond motifs is 1. The van der Waals surface area contributed by atoms with E-state index in [4.69, 9.17) is 5.73 Å². The van der Waals surface area contributed by atoms with E-state index >= 15 is 0 Å². The lowest BCUT2D eigenvalue weighted by Gasteiger charge is -2.19. The Balaban J connectivity index is 1.99. The number of benzene rings is 1. The number of nitrogens with zero attached hydrogens (tertiary/aromatic N) is 1. The summed E-state index contributed by atoms with van der Waals surface area (Å²) < 4.78 is 0. The standard InChI is InChI=1S/C15H19N3/c1-10-8-14(18-15(9-16)11-6-7-11)12-4-2-3-5-13(12)17-10/h2-5,8,11,15H,6-7,9,16H2,1H3,(H,17,18). The molecule has 1 heterocycles. The smallest absolute Gasteiger partial charge is 0.0725 e. The summed E-state index contributed by atoms with van der Waals surface area (Å²) in [7, 11) is 0. The van der Waals surface area contributed by atoms with E-state index in [1.165, 1.54) is 23.9 Å². The van der Waals surface area contributed by atoms with Gasteiger partial charge in [0.25, 0.3) is 0 Å². The fraction of sp³-hybridized carbons (Fsp3) is 0.400. The van der Waals surface area contributed by atoms with Crippen LogP contribution in [0, 0.1) is 12.8 Å². The molecule has 1 unspecified atom stereocenters. The molecule has 3 N–H and O–H groups in total. The third kappa shape index (κ3) is 2.18. The van der Waals surface area contributed by atoms with Gasteiger partial charge in [0, 0.05) is 29.4 Å². The van der Waals surface area contributed by atoms with Crippen LogP contribution < -0.4 is 11.1 Å². The summed E-state index contributed by atoms with van der Waals surface area (Å²) in [6, 6.07) is 10.8. The number of hydrogen-bond donors (Lipinski definition) is 2. The average Bonchev–Trinajstić information content (AvgIpc) is 3.19. The molecule has 1 aliphatic carbocycles. The average molecular weight is 241 g/mol. The molecule has 1 saturated carbocycles. The van der Waals surface area contributed by atoms with Crippen molar-refractivity contribution in [1.29, 1.82) is 0 Å². The van der Waals surface area contributed by atoms with Crippen LogP contribution in [0.3, 0.4) is 0 Å². The summed E-state index contributed by atoms with van der Waals surface area (Å²) in [4.78, 5) is 4.56. The Hall–Kier alpha value is -1.61. The topological polar surface area (TPSA) is 50.9 Å². The van der Waals surface area contributed by atoms with Gasteiger partial charge in [-0.2, -0.15) is 0 Å². The van der Waals surface area contributed by atoms with Gasteiger partial charge in [-0.05, 0) is 37.8 Å². The van der Waals surface area contributed by atoms with Gasteiger partial charge in [-0.15, -0.1) is 0 Å². The molecule has 0 aliphatic heterocycles. The van der Waals surface area contributed by atoms with E-state index in [1.807, 2.05) is 13.0 Å². The van der Waals surface area contributed by atoms with Crippen molar-refractivity contribution in [3.8, 4) is 0 Å². The molecule has 18 heavy (non-hydrogen) atoms. The Morgan fingerprint density at radius 1 is 1.39 bits per heavy atom. The second-order valence-electron chi connectivity index (χ2n) is 5.15. The number of nitrogens with one attached hydrogen (secondary N) is 1. The number of rotatable bonds is 4. The van der Waals surface area contributed by atoms with Crippen molar-refractivity contribution < 1.29 is 0 Å². The minimum Gasteiger partial charge on any atom is -0.380 e. The van der Waals surface area contributed by atoms with E-state index in [1.54, 1.807) is 0 Å². The van der Waals surface area contributed by atoms with E-state index in [0.717, 1.165) is 17.1 Å². The molecule has 1 aromatic heterocycles. The predicted molar refractivity (Wildman–Crippen MR) is 75.7 cm³/mol. The van der Waals surface area contributed by atoms with Crippen LogP contribution in [-0.2, 0) is 0 Å².